The summed E-state index contributed by atoms with van der Waals surface area (Å²) in [6, 6.07) is 4.82. The molecule has 8 heteroatoms. The van der Waals surface area contributed by atoms with E-state index in [-0.39, 0.29) is 24.4 Å². The molecule has 3 rings (SSSR count). The molecule has 5 nitrogen and oxygen atoms in total. The number of benzene rings is 1. The molecular formula is C17H15Cl2N3O2S. The van der Waals surface area contributed by atoms with E-state index in [9.17, 15) is 9.59 Å². The van der Waals surface area contributed by atoms with Gasteiger partial charge in [-0.3, -0.25) is 14.2 Å². The molecule has 2 heterocycles. The lowest BCUT2D eigenvalue weighted by Crippen LogP contribution is -2.23. The van der Waals surface area contributed by atoms with Gasteiger partial charge in [0.05, 0.1) is 11.7 Å². The zero-order valence-electron chi connectivity index (χ0n) is 13.6. The van der Waals surface area contributed by atoms with E-state index >= 15 is 0 Å². The van der Waals surface area contributed by atoms with Gasteiger partial charge in [-0.25, -0.2) is 4.98 Å². The molecule has 0 atom stereocenters. The third-order valence-corrected chi connectivity index (χ3v) is 5.43. The lowest BCUT2D eigenvalue weighted by atomic mass is 10.2. The minimum Gasteiger partial charge on any atom is -0.326 e. The predicted molar refractivity (Wildman–Crippen MR) is 103 cm³/mol. The quantitative estimate of drug-likeness (QED) is 0.711. The van der Waals surface area contributed by atoms with E-state index in [1.807, 2.05) is 13.8 Å². The summed E-state index contributed by atoms with van der Waals surface area (Å²) >= 11 is 13.3. The number of nitrogens with zero attached hydrogens (tertiary/aromatic N) is 2. The number of halogens is 2. The molecular weight excluding hydrogens is 381 g/mol. The Morgan fingerprint density at radius 2 is 1.92 bits per heavy atom. The molecule has 0 saturated heterocycles. The van der Waals surface area contributed by atoms with Gasteiger partial charge >= 0.3 is 0 Å². The fourth-order valence-corrected chi connectivity index (χ4v) is 4.01. The van der Waals surface area contributed by atoms with Crippen molar-refractivity contribution < 1.29 is 4.79 Å². The fourth-order valence-electron chi connectivity index (χ4n) is 2.50. The summed E-state index contributed by atoms with van der Waals surface area (Å²) in [6.07, 6.45) is 1.63. The van der Waals surface area contributed by atoms with Crippen LogP contribution in [0.2, 0.25) is 10.0 Å². The second-order valence-electron chi connectivity index (χ2n) is 5.66. The summed E-state index contributed by atoms with van der Waals surface area (Å²) < 4.78 is 1.46. The van der Waals surface area contributed by atoms with Crippen LogP contribution in [0.1, 0.15) is 16.9 Å². The van der Waals surface area contributed by atoms with Crippen LogP contribution in [0, 0.1) is 13.8 Å². The number of carbonyl (C=O) groups is 1. The number of hydrogen-bond donors (Lipinski definition) is 1. The Labute approximate surface area is 158 Å². The highest BCUT2D eigenvalue weighted by molar-refractivity contribution is 7.18. The summed E-state index contributed by atoms with van der Waals surface area (Å²) in [4.78, 5) is 30.8. The van der Waals surface area contributed by atoms with E-state index in [4.69, 9.17) is 23.2 Å². The van der Waals surface area contributed by atoms with Crippen molar-refractivity contribution in [2.45, 2.75) is 26.8 Å². The average Bonchev–Trinajstić information content (AvgIpc) is 2.81. The van der Waals surface area contributed by atoms with Crippen molar-refractivity contribution >= 4 is 56.3 Å². The Kier molecular flexibility index (Phi) is 5.13. The summed E-state index contributed by atoms with van der Waals surface area (Å²) in [5.74, 6) is -0.233. The van der Waals surface area contributed by atoms with Crippen LogP contribution < -0.4 is 10.9 Å². The highest BCUT2D eigenvalue weighted by Gasteiger charge is 2.13. The van der Waals surface area contributed by atoms with Gasteiger partial charge < -0.3 is 5.32 Å². The summed E-state index contributed by atoms with van der Waals surface area (Å²) in [5, 5.41) is 4.24. The van der Waals surface area contributed by atoms with Crippen LogP contribution in [-0.4, -0.2) is 15.5 Å². The van der Waals surface area contributed by atoms with Gasteiger partial charge in [-0.1, -0.05) is 23.2 Å². The number of carbonyl (C=O) groups excluding carboxylic acids is 1. The molecule has 0 unspecified atom stereocenters. The Bertz CT molecular complexity index is 1010. The third-order valence-electron chi connectivity index (χ3n) is 3.88. The maximum absolute atomic E-state index is 12.6. The molecule has 0 saturated carbocycles. The number of anilines is 1. The van der Waals surface area contributed by atoms with E-state index in [1.165, 1.54) is 22.2 Å². The summed E-state index contributed by atoms with van der Waals surface area (Å²) in [7, 11) is 0. The van der Waals surface area contributed by atoms with Crippen molar-refractivity contribution in [3.8, 4) is 0 Å². The van der Waals surface area contributed by atoms with E-state index in [1.54, 1.807) is 18.2 Å². The van der Waals surface area contributed by atoms with Gasteiger partial charge in [-0.05, 0) is 37.6 Å². The molecule has 0 radical (unpaired) electrons. The van der Waals surface area contributed by atoms with Crippen LogP contribution in [0.3, 0.4) is 0 Å². The lowest BCUT2D eigenvalue weighted by Gasteiger charge is -2.08. The minimum absolute atomic E-state index is 0.120. The van der Waals surface area contributed by atoms with Gasteiger partial charge in [0.15, 0.2) is 0 Å². The van der Waals surface area contributed by atoms with Crippen molar-refractivity contribution in [3.63, 3.8) is 0 Å². The lowest BCUT2D eigenvalue weighted by molar-refractivity contribution is -0.116. The predicted octanol–water partition coefficient (Wildman–Crippen LogP) is 4.41. The number of rotatable bonds is 4. The van der Waals surface area contributed by atoms with E-state index in [2.05, 4.69) is 10.3 Å². The number of aromatic nitrogens is 2. The summed E-state index contributed by atoms with van der Waals surface area (Å²) in [6.45, 7) is 4.13. The van der Waals surface area contributed by atoms with E-state index in [0.29, 0.717) is 21.1 Å². The number of amides is 1. The van der Waals surface area contributed by atoms with Gasteiger partial charge in [0.25, 0.3) is 5.56 Å². The SMILES string of the molecule is Cc1sc2ncn(CCC(=O)Nc3cc(Cl)cc(Cl)c3)c(=O)c2c1C. The Balaban J connectivity index is 1.74. The first-order valence-electron chi connectivity index (χ1n) is 7.56. The average molecular weight is 396 g/mol. The molecule has 2 aromatic heterocycles. The van der Waals surface area contributed by atoms with Gasteiger partial charge in [0.2, 0.25) is 5.91 Å². The molecule has 1 aromatic carbocycles. The minimum atomic E-state index is -0.233. The third kappa shape index (κ3) is 3.86. The fraction of sp³-hybridized carbons (Fsp3) is 0.235. The van der Waals surface area contributed by atoms with Crippen LogP contribution in [0.4, 0.5) is 5.69 Å². The number of nitrogens with one attached hydrogen (secondary N) is 1. The summed E-state index contributed by atoms with van der Waals surface area (Å²) in [5.41, 5.74) is 1.35. The molecule has 0 fully saturated rings. The van der Waals surface area contributed by atoms with Crippen LogP contribution in [0.5, 0.6) is 0 Å². The highest BCUT2D eigenvalue weighted by Crippen LogP contribution is 2.25. The molecule has 1 amide bonds. The van der Waals surface area contributed by atoms with E-state index < -0.39 is 0 Å². The normalized spacial score (nSPS) is 11.0. The molecule has 130 valence electrons. The molecule has 0 aliphatic carbocycles. The number of aryl methyl sites for hydroxylation is 3. The standard InChI is InChI=1S/C17H15Cl2N3O2S/c1-9-10(2)25-16-15(9)17(24)22(8-20-16)4-3-14(23)21-13-6-11(18)5-12(19)7-13/h5-8H,3-4H2,1-2H3,(H,21,23). The zero-order chi connectivity index (χ0) is 18.1. The monoisotopic (exact) mass is 395 g/mol. The first-order chi connectivity index (χ1) is 11.8. The van der Waals surface area contributed by atoms with Crippen molar-refractivity contribution in [2.24, 2.45) is 0 Å². The highest BCUT2D eigenvalue weighted by atomic mass is 35.5. The van der Waals surface area contributed by atoms with Crippen LogP contribution in [0.25, 0.3) is 10.2 Å². The number of thiophene rings is 1. The molecule has 0 spiro atoms. The van der Waals surface area contributed by atoms with Gasteiger partial charge in [0.1, 0.15) is 4.83 Å². The van der Waals surface area contributed by atoms with Gasteiger partial charge in [0, 0.05) is 33.6 Å². The smallest absolute Gasteiger partial charge is 0.262 e. The van der Waals surface area contributed by atoms with E-state index in [0.717, 1.165) is 15.3 Å². The number of fused-ring (bicyclic) bond motifs is 1. The maximum atomic E-state index is 12.6. The van der Waals surface area contributed by atoms with Crippen molar-refractivity contribution in [2.75, 3.05) is 5.32 Å². The Morgan fingerprint density at radius 1 is 1.24 bits per heavy atom. The van der Waals surface area contributed by atoms with Crippen molar-refractivity contribution in [1.29, 1.82) is 0 Å². The number of hydrogen-bond acceptors (Lipinski definition) is 4. The molecule has 3 aromatic rings. The second kappa shape index (κ2) is 7.15. The molecule has 1 N–H and O–H groups in total. The largest absolute Gasteiger partial charge is 0.326 e. The maximum Gasteiger partial charge on any atom is 0.262 e. The van der Waals surface area contributed by atoms with Crippen LogP contribution >= 0.6 is 34.5 Å². The van der Waals surface area contributed by atoms with Crippen molar-refractivity contribution in [1.82, 2.24) is 9.55 Å². The molecule has 0 aliphatic rings. The topological polar surface area (TPSA) is 64.0 Å². The van der Waals surface area contributed by atoms with Crippen LogP contribution in [0.15, 0.2) is 29.3 Å². The Morgan fingerprint density at radius 3 is 2.60 bits per heavy atom. The Hall–Kier alpha value is -1.89. The van der Waals surface area contributed by atoms with Gasteiger partial charge in [-0.15, -0.1) is 11.3 Å². The second-order valence-corrected chi connectivity index (χ2v) is 7.74. The first-order valence-corrected chi connectivity index (χ1v) is 9.13. The molecule has 0 bridgehead atoms. The first kappa shape index (κ1) is 17.9. The van der Waals surface area contributed by atoms with Crippen molar-refractivity contribution in [3.05, 3.63) is 55.4 Å². The zero-order valence-corrected chi connectivity index (χ0v) is 15.9. The molecule has 0 aliphatic heterocycles. The molecule has 25 heavy (non-hydrogen) atoms. The van der Waals surface area contributed by atoms with Gasteiger partial charge in [-0.2, -0.15) is 0 Å². The van der Waals surface area contributed by atoms with Crippen LogP contribution in [-0.2, 0) is 11.3 Å².